The number of carbonyl (C=O) groups is 1. The van der Waals surface area contributed by atoms with Crippen molar-refractivity contribution in [2.75, 3.05) is 4.90 Å². The summed E-state index contributed by atoms with van der Waals surface area (Å²) in [6.07, 6.45) is 5.19. The van der Waals surface area contributed by atoms with E-state index in [9.17, 15) is 4.79 Å². The van der Waals surface area contributed by atoms with Crippen LogP contribution in [0.15, 0.2) is 48.5 Å². The molecular weight excluding hydrogens is 298 g/mol. The van der Waals surface area contributed by atoms with Crippen LogP contribution in [0, 0.1) is 19.3 Å². The first-order chi connectivity index (χ1) is 11.3. The zero-order valence-corrected chi connectivity index (χ0v) is 14.7. The zero-order chi connectivity index (χ0) is 17.7. The van der Waals surface area contributed by atoms with Crippen molar-refractivity contribution in [3.8, 4) is 12.3 Å². The first-order valence-corrected chi connectivity index (χ1v) is 7.92. The van der Waals surface area contributed by atoms with E-state index in [0.717, 1.165) is 5.56 Å². The summed E-state index contributed by atoms with van der Waals surface area (Å²) in [6.45, 7) is 7.98. The second kappa shape index (κ2) is 7.23. The third-order valence-corrected chi connectivity index (χ3v) is 3.43. The molecular formula is C21H23NO2. The van der Waals surface area contributed by atoms with E-state index in [4.69, 9.17) is 11.2 Å². The Morgan fingerprint density at radius 3 is 2.33 bits per heavy atom. The van der Waals surface area contributed by atoms with Crippen molar-refractivity contribution in [2.24, 2.45) is 0 Å². The number of carbonyl (C=O) groups excluding carboxylic acids is 1. The molecule has 1 amide bonds. The van der Waals surface area contributed by atoms with E-state index in [2.05, 4.69) is 5.92 Å². The van der Waals surface area contributed by atoms with Crippen molar-refractivity contribution in [2.45, 2.75) is 39.8 Å². The molecule has 0 spiro atoms. The van der Waals surface area contributed by atoms with Crippen molar-refractivity contribution in [1.29, 1.82) is 0 Å². The number of anilines is 1. The molecule has 0 aromatic heterocycles. The molecule has 0 aliphatic rings. The molecule has 0 N–H and O–H groups in total. The fourth-order valence-corrected chi connectivity index (χ4v) is 2.27. The van der Waals surface area contributed by atoms with Crippen molar-refractivity contribution < 1.29 is 9.53 Å². The van der Waals surface area contributed by atoms with Gasteiger partial charge in [-0.25, -0.2) is 4.79 Å². The maximum Gasteiger partial charge on any atom is 0.415 e. The van der Waals surface area contributed by atoms with Crippen LogP contribution >= 0.6 is 0 Å². The Labute approximate surface area is 144 Å². The normalized spacial score (nSPS) is 10.8. The average Bonchev–Trinajstić information content (AvgIpc) is 2.52. The Morgan fingerprint density at radius 2 is 1.75 bits per heavy atom. The van der Waals surface area contributed by atoms with E-state index in [0.29, 0.717) is 17.8 Å². The summed E-state index contributed by atoms with van der Waals surface area (Å²) in [5, 5.41) is 0. The molecule has 0 saturated heterocycles. The second-order valence-corrected chi connectivity index (χ2v) is 6.71. The molecule has 124 valence electrons. The molecule has 0 bridgehead atoms. The van der Waals surface area contributed by atoms with Gasteiger partial charge >= 0.3 is 6.09 Å². The van der Waals surface area contributed by atoms with E-state index < -0.39 is 11.7 Å². The van der Waals surface area contributed by atoms with Crippen LogP contribution in [-0.4, -0.2) is 11.7 Å². The highest BCUT2D eigenvalue weighted by Crippen LogP contribution is 2.24. The molecule has 0 unspecified atom stereocenters. The lowest BCUT2D eigenvalue weighted by Crippen LogP contribution is -2.36. The van der Waals surface area contributed by atoms with Crippen LogP contribution in [0.3, 0.4) is 0 Å². The zero-order valence-electron chi connectivity index (χ0n) is 14.7. The number of hydrogen-bond acceptors (Lipinski definition) is 2. The maximum atomic E-state index is 12.7. The number of rotatable bonds is 3. The van der Waals surface area contributed by atoms with Crippen molar-refractivity contribution in [3.63, 3.8) is 0 Å². The second-order valence-electron chi connectivity index (χ2n) is 6.71. The largest absolute Gasteiger partial charge is 0.443 e. The van der Waals surface area contributed by atoms with Crippen molar-refractivity contribution in [1.82, 2.24) is 0 Å². The lowest BCUT2D eigenvalue weighted by Gasteiger charge is -2.28. The molecule has 0 aliphatic heterocycles. The fourth-order valence-electron chi connectivity index (χ4n) is 2.27. The van der Waals surface area contributed by atoms with Gasteiger partial charge in [-0.3, -0.25) is 4.90 Å². The van der Waals surface area contributed by atoms with Gasteiger partial charge in [-0.1, -0.05) is 47.9 Å². The Hall–Kier alpha value is -2.73. The topological polar surface area (TPSA) is 29.5 Å². The number of benzene rings is 2. The molecule has 2 rings (SSSR count). The molecule has 0 radical (unpaired) electrons. The number of hydrogen-bond donors (Lipinski definition) is 0. The monoisotopic (exact) mass is 321 g/mol. The van der Waals surface area contributed by atoms with Gasteiger partial charge in [0.05, 0.1) is 12.2 Å². The van der Waals surface area contributed by atoms with Crippen LogP contribution in [0.5, 0.6) is 0 Å². The highest BCUT2D eigenvalue weighted by atomic mass is 16.6. The number of amides is 1. The molecule has 0 atom stereocenters. The molecule has 2 aromatic rings. The fraction of sp³-hybridized carbons (Fsp3) is 0.286. The van der Waals surface area contributed by atoms with E-state index in [1.54, 1.807) is 4.90 Å². The van der Waals surface area contributed by atoms with Gasteiger partial charge in [0.25, 0.3) is 0 Å². The molecule has 0 fully saturated rings. The van der Waals surface area contributed by atoms with E-state index in [-0.39, 0.29) is 0 Å². The van der Waals surface area contributed by atoms with Crippen molar-refractivity contribution in [3.05, 3.63) is 65.2 Å². The minimum Gasteiger partial charge on any atom is -0.443 e. The Morgan fingerprint density at radius 1 is 1.12 bits per heavy atom. The van der Waals surface area contributed by atoms with Gasteiger partial charge in [0, 0.05) is 5.56 Å². The average molecular weight is 321 g/mol. The molecule has 24 heavy (non-hydrogen) atoms. The summed E-state index contributed by atoms with van der Waals surface area (Å²) >= 11 is 0. The van der Waals surface area contributed by atoms with Crippen LogP contribution in [0.1, 0.15) is 37.5 Å². The smallest absolute Gasteiger partial charge is 0.415 e. The maximum absolute atomic E-state index is 12.7. The Bertz CT molecular complexity index is 749. The van der Waals surface area contributed by atoms with Gasteiger partial charge in [-0.05, 0) is 45.4 Å². The Balaban J connectivity index is 2.39. The van der Waals surface area contributed by atoms with E-state index >= 15 is 0 Å². The Kier molecular flexibility index (Phi) is 5.31. The number of ether oxygens (including phenoxy) is 1. The van der Waals surface area contributed by atoms with Crippen LogP contribution < -0.4 is 4.90 Å². The van der Waals surface area contributed by atoms with Crippen LogP contribution in [0.2, 0.25) is 0 Å². The number of nitrogens with zero attached hydrogens (tertiary/aromatic N) is 1. The highest BCUT2D eigenvalue weighted by molar-refractivity contribution is 5.89. The third-order valence-electron chi connectivity index (χ3n) is 3.43. The molecule has 0 aliphatic carbocycles. The summed E-state index contributed by atoms with van der Waals surface area (Å²) in [4.78, 5) is 14.3. The van der Waals surface area contributed by atoms with Gasteiger partial charge in [-0.15, -0.1) is 6.42 Å². The summed E-state index contributed by atoms with van der Waals surface area (Å²) in [6, 6.07) is 15.4. The number of terminal acetylenes is 1. The van der Waals surface area contributed by atoms with Gasteiger partial charge in [0.1, 0.15) is 5.60 Å². The van der Waals surface area contributed by atoms with E-state index in [1.165, 1.54) is 5.56 Å². The van der Waals surface area contributed by atoms with Crippen LogP contribution in [-0.2, 0) is 11.3 Å². The molecule has 2 aromatic carbocycles. The first-order valence-electron chi connectivity index (χ1n) is 7.92. The standard InChI is InChI=1S/C21H23NO2/c1-6-18-9-7-8-10-19(18)22(20(23)24-21(3,4)5)15-17-13-11-16(2)12-14-17/h1,7-14H,15H2,2-5H3. The number of aryl methyl sites for hydroxylation is 1. The van der Waals surface area contributed by atoms with Gasteiger partial charge in [-0.2, -0.15) is 0 Å². The summed E-state index contributed by atoms with van der Waals surface area (Å²) in [5.41, 5.74) is 2.95. The molecule has 0 saturated carbocycles. The molecule has 3 nitrogen and oxygen atoms in total. The third kappa shape index (κ3) is 4.63. The predicted octanol–water partition coefficient (Wildman–Crippen LogP) is 4.92. The molecule has 3 heteroatoms. The first kappa shape index (κ1) is 17.6. The van der Waals surface area contributed by atoms with Gasteiger partial charge < -0.3 is 4.74 Å². The summed E-state index contributed by atoms with van der Waals surface area (Å²) in [5.74, 6) is 2.64. The lowest BCUT2D eigenvalue weighted by molar-refractivity contribution is 0.0577. The van der Waals surface area contributed by atoms with Crippen LogP contribution in [0.25, 0.3) is 0 Å². The predicted molar refractivity (Wildman–Crippen MR) is 98.0 cm³/mol. The lowest BCUT2D eigenvalue weighted by atomic mass is 10.1. The highest BCUT2D eigenvalue weighted by Gasteiger charge is 2.25. The summed E-state index contributed by atoms with van der Waals surface area (Å²) in [7, 11) is 0. The van der Waals surface area contributed by atoms with Gasteiger partial charge in [0.15, 0.2) is 0 Å². The number of para-hydroxylation sites is 1. The quantitative estimate of drug-likeness (QED) is 0.751. The minimum atomic E-state index is -0.576. The van der Waals surface area contributed by atoms with Gasteiger partial charge in [0.2, 0.25) is 0 Å². The van der Waals surface area contributed by atoms with E-state index in [1.807, 2.05) is 76.2 Å². The van der Waals surface area contributed by atoms with Crippen LogP contribution in [0.4, 0.5) is 10.5 Å². The minimum absolute atomic E-state index is 0.397. The molecule has 0 heterocycles. The summed E-state index contributed by atoms with van der Waals surface area (Å²) < 4.78 is 5.57. The van der Waals surface area contributed by atoms with Crippen molar-refractivity contribution >= 4 is 11.8 Å². The SMILES string of the molecule is C#Cc1ccccc1N(Cc1ccc(C)cc1)C(=O)OC(C)(C)C.